The third-order valence-electron chi connectivity index (χ3n) is 3.08. The van der Waals surface area contributed by atoms with E-state index in [0.29, 0.717) is 5.03 Å². The standard InChI is InChI=1S/C17H17ClO3/c1-19-14-6-4-12(5-7-14)16(18)11-13-10-15(20-2)8-9-17(13)21-3/h4-11H,1-3H3. The van der Waals surface area contributed by atoms with Crippen LogP contribution in [0.25, 0.3) is 11.1 Å². The Bertz CT molecular complexity index is 633. The molecule has 3 nitrogen and oxygen atoms in total. The molecule has 0 amide bonds. The summed E-state index contributed by atoms with van der Waals surface area (Å²) >= 11 is 6.38. The van der Waals surface area contributed by atoms with Crippen LogP contribution in [0.3, 0.4) is 0 Å². The highest BCUT2D eigenvalue weighted by molar-refractivity contribution is 6.51. The first-order valence-electron chi connectivity index (χ1n) is 6.41. The van der Waals surface area contributed by atoms with Crippen LogP contribution in [0.1, 0.15) is 11.1 Å². The van der Waals surface area contributed by atoms with Gasteiger partial charge in [-0.3, -0.25) is 0 Å². The third-order valence-corrected chi connectivity index (χ3v) is 3.41. The minimum atomic E-state index is 0.615. The second-order valence-corrected chi connectivity index (χ2v) is 4.74. The summed E-state index contributed by atoms with van der Waals surface area (Å²) < 4.78 is 15.7. The molecule has 21 heavy (non-hydrogen) atoms. The van der Waals surface area contributed by atoms with E-state index in [1.54, 1.807) is 21.3 Å². The third kappa shape index (κ3) is 3.70. The van der Waals surface area contributed by atoms with Crippen molar-refractivity contribution in [1.29, 1.82) is 0 Å². The van der Waals surface area contributed by atoms with Crippen molar-refractivity contribution in [2.45, 2.75) is 0 Å². The molecule has 0 aliphatic carbocycles. The first kappa shape index (κ1) is 15.3. The van der Waals surface area contributed by atoms with Crippen LogP contribution in [-0.4, -0.2) is 21.3 Å². The van der Waals surface area contributed by atoms with Gasteiger partial charge in [0, 0.05) is 10.6 Å². The maximum atomic E-state index is 6.38. The van der Waals surface area contributed by atoms with Crippen LogP contribution in [0.5, 0.6) is 17.2 Å². The molecular formula is C17H17ClO3. The van der Waals surface area contributed by atoms with Crippen molar-refractivity contribution in [3.05, 3.63) is 53.6 Å². The topological polar surface area (TPSA) is 27.7 Å². The quantitative estimate of drug-likeness (QED) is 0.764. The zero-order valence-electron chi connectivity index (χ0n) is 12.2. The van der Waals surface area contributed by atoms with Crippen molar-refractivity contribution in [2.75, 3.05) is 21.3 Å². The molecule has 2 aromatic carbocycles. The molecule has 2 aromatic rings. The van der Waals surface area contributed by atoms with Gasteiger partial charge in [-0.2, -0.15) is 0 Å². The first-order chi connectivity index (χ1) is 10.2. The summed E-state index contributed by atoms with van der Waals surface area (Å²) in [6, 6.07) is 13.1. The van der Waals surface area contributed by atoms with Gasteiger partial charge in [0.2, 0.25) is 0 Å². The smallest absolute Gasteiger partial charge is 0.126 e. The second-order valence-electron chi connectivity index (χ2n) is 4.33. The Morgan fingerprint density at radius 3 is 2.05 bits per heavy atom. The molecule has 0 heterocycles. The van der Waals surface area contributed by atoms with Crippen LogP contribution >= 0.6 is 11.6 Å². The highest BCUT2D eigenvalue weighted by Gasteiger charge is 2.05. The van der Waals surface area contributed by atoms with E-state index in [9.17, 15) is 0 Å². The van der Waals surface area contributed by atoms with Gasteiger partial charge in [-0.1, -0.05) is 11.6 Å². The first-order valence-corrected chi connectivity index (χ1v) is 6.79. The van der Waals surface area contributed by atoms with Crippen molar-refractivity contribution in [3.8, 4) is 17.2 Å². The van der Waals surface area contributed by atoms with E-state index in [0.717, 1.165) is 28.4 Å². The summed E-state index contributed by atoms with van der Waals surface area (Å²) in [6.45, 7) is 0. The summed E-state index contributed by atoms with van der Waals surface area (Å²) in [6.07, 6.45) is 1.85. The summed E-state index contributed by atoms with van der Waals surface area (Å²) in [4.78, 5) is 0. The Morgan fingerprint density at radius 1 is 0.857 bits per heavy atom. The lowest BCUT2D eigenvalue weighted by Gasteiger charge is -2.08. The number of rotatable bonds is 5. The predicted octanol–water partition coefficient (Wildman–Crippen LogP) is 4.45. The van der Waals surface area contributed by atoms with E-state index in [4.69, 9.17) is 25.8 Å². The Morgan fingerprint density at radius 2 is 1.48 bits per heavy atom. The number of ether oxygens (including phenoxy) is 3. The van der Waals surface area contributed by atoms with Gasteiger partial charge in [-0.25, -0.2) is 0 Å². The zero-order chi connectivity index (χ0) is 15.2. The lowest BCUT2D eigenvalue weighted by atomic mass is 10.1. The summed E-state index contributed by atoms with van der Waals surface area (Å²) in [5, 5.41) is 0.615. The van der Waals surface area contributed by atoms with Crippen LogP contribution in [-0.2, 0) is 0 Å². The lowest BCUT2D eigenvalue weighted by molar-refractivity contribution is 0.402. The van der Waals surface area contributed by atoms with Gasteiger partial charge in [0.25, 0.3) is 0 Å². The highest BCUT2D eigenvalue weighted by atomic mass is 35.5. The maximum Gasteiger partial charge on any atom is 0.126 e. The predicted molar refractivity (Wildman–Crippen MR) is 86.3 cm³/mol. The van der Waals surface area contributed by atoms with Crippen molar-refractivity contribution in [3.63, 3.8) is 0 Å². The van der Waals surface area contributed by atoms with Gasteiger partial charge in [0.1, 0.15) is 17.2 Å². The fourth-order valence-electron chi connectivity index (χ4n) is 1.92. The maximum absolute atomic E-state index is 6.38. The number of hydrogen-bond acceptors (Lipinski definition) is 3. The van der Waals surface area contributed by atoms with Crippen LogP contribution in [0, 0.1) is 0 Å². The van der Waals surface area contributed by atoms with Gasteiger partial charge < -0.3 is 14.2 Å². The molecule has 0 atom stereocenters. The van der Waals surface area contributed by atoms with Crippen LogP contribution < -0.4 is 14.2 Å². The second kappa shape index (κ2) is 7.04. The largest absolute Gasteiger partial charge is 0.497 e. The minimum absolute atomic E-state index is 0.615. The molecule has 110 valence electrons. The number of benzene rings is 2. The van der Waals surface area contributed by atoms with Crippen molar-refractivity contribution >= 4 is 22.7 Å². The van der Waals surface area contributed by atoms with E-state index >= 15 is 0 Å². The molecule has 0 saturated heterocycles. The van der Waals surface area contributed by atoms with Crippen LogP contribution in [0.15, 0.2) is 42.5 Å². The molecule has 0 saturated carbocycles. The number of halogens is 1. The van der Waals surface area contributed by atoms with E-state index in [-0.39, 0.29) is 0 Å². The normalized spacial score (nSPS) is 11.1. The monoisotopic (exact) mass is 304 g/mol. The minimum Gasteiger partial charge on any atom is -0.497 e. The molecule has 0 aliphatic heterocycles. The summed E-state index contributed by atoms with van der Waals surface area (Å²) in [5.41, 5.74) is 1.76. The van der Waals surface area contributed by atoms with E-state index in [1.165, 1.54) is 0 Å². The fourth-order valence-corrected chi connectivity index (χ4v) is 2.17. The molecule has 0 N–H and O–H groups in total. The molecule has 4 heteroatoms. The molecule has 0 aromatic heterocycles. The molecule has 0 spiro atoms. The van der Waals surface area contributed by atoms with Gasteiger partial charge in [-0.05, 0) is 54.1 Å². The van der Waals surface area contributed by atoms with Crippen molar-refractivity contribution in [2.24, 2.45) is 0 Å². The Labute approximate surface area is 129 Å². The molecule has 0 fully saturated rings. The summed E-state index contributed by atoms with van der Waals surface area (Å²) in [7, 11) is 4.88. The molecule has 2 rings (SSSR count). The van der Waals surface area contributed by atoms with Gasteiger partial charge in [-0.15, -0.1) is 0 Å². The van der Waals surface area contributed by atoms with E-state index in [2.05, 4.69) is 0 Å². The average Bonchev–Trinajstić information content (AvgIpc) is 2.54. The van der Waals surface area contributed by atoms with Crippen LogP contribution in [0.4, 0.5) is 0 Å². The fraction of sp³-hybridized carbons (Fsp3) is 0.176. The van der Waals surface area contributed by atoms with Gasteiger partial charge >= 0.3 is 0 Å². The highest BCUT2D eigenvalue weighted by Crippen LogP contribution is 2.30. The van der Waals surface area contributed by atoms with Crippen LogP contribution in [0.2, 0.25) is 0 Å². The Hall–Kier alpha value is -2.13. The SMILES string of the molecule is COc1ccc(C(Cl)=Cc2cc(OC)ccc2OC)cc1. The zero-order valence-corrected chi connectivity index (χ0v) is 13.0. The number of methoxy groups -OCH3 is 3. The molecule has 0 bridgehead atoms. The molecule has 0 radical (unpaired) electrons. The number of hydrogen-bond donors (Lipinski definition) is 0. The Kier molecular flexibility index (Phi) is 5.12. The van der Waals surface area contributed by atoms with Crippen molar-refractivity contribution in [1.82, 2.24) is 0 Å². The lowest BCUT2D eigenvalue weighted by Crippen LogP contribution is -1.90. The molecule has 0 aliphatic rings. The molecular weight excluding hydrogens is 288 g/mol. The van der Waals surface area contributed by atoms with Crippen molar-refractivity contribution < 1.29 is 14.2 Å². The van der Waals surface area contributed by atoms with Gasteiger partial charge in [0.05, 0.1) is 21.3 Å². The molecule has 0 unspecified atom stereocenters. The average molecular weight is 305 g/mol. The Balaban J connectivity index is 2.36. The van der Waals surface area contributed by atoms with E-state index in [1.807, 2.05) is 48.5 Å². The summed E-state index contributed by atoms with van der Waals surface area (Å²) in [5.74, 6) is 2.28. The van der Waals surface area contributed by atoms with Gasteiger partial charge in [0.15, 0.2) is 0 Å². The van der Waals surface area contributed by atoms with E-state index < -0.39 is 0 Å².